The van der Waals surface area contributed by atoms with Crippen molar-refractivity contribution in [3.63, 3.8) is 0 Å². The largest absolute Gasteiger partial charge is 0.395 e. The van der Waals surface area contributed by atoms with E-state index in [-0.39, 0.29) is 18.2 Å². The van der Waals surface area contributed by atoms with Crippen molar-refractivity contribution in [2.75, 3.05) is 13.2 Å². The maximum absolute atomic E-state index is 12.9. The van der Waals surface area contributed by atoms with Crippen LogP contribution in [0.5, 0.6) is 0 Å². The molecule has 2 heterocycles. The molecule has 0 bridgehead atoms. The molecule has 23 heavy (non-hydrogen) atoms. The van der Waals surface area contributed by atoms with Crippen molar-refractivity contribution in [3.8, 4) is 5.69 Å². The van der Waals surface area contributed by atoms with E-state index in [9.17, 15) is 9.90 Å². The first kappa shape index (κ1) is 16.0. The van der Waals surface area contributed by atoms with Gasteiger partial charge in [0, 0.05) is 25.3 Å². The number of hydrogen-bond acceptors (Lipinski definition) is 3. The van der Waals surface area contributed by atoms with Crippen molar-refractivity contribution in [2.45, 2.75) is 38.8 Å². The van der Waals surface area contributed by atoms with Crippen LogP contribution in [-0.4, -0.2) is 38.6 Å². The molecule has 0 saturated carbocycles. The van der Waals surface area contributed by atoms with Gasteiger partial charge in [0.25, 0.3) is 5.56 Å². The van der Waals surface area contributed by atoms with Gasteiger partial charge < -0.3 is 5.11 Å². The van der Waals surface area contributed by atoms with E-state index < -0.39 is 0 Å². The minimum atomic E-state index is 0.0402. The van der Waals surface area contributed by atoms with E-state index in [1.807, 2.05) is 49.0 Å². The summed E-state index contributed by atoms with van der Waals surface area (Å²) in [5.41, 5.74) is 2.74. The Bertz CT molecular complexity index is 718. The number of para-hydroxylation sites is 1. The molecule has 1 aromatic heterocycles. The van der Waals surface area contributed by atoms with Crippen LogP contribution in [0.15, 0.2) is 35.1 Å². The Morgan fingerprint density at radius 3 is 2.65 bits per heavy atom. The highest BCUT2D eigenvalue weighted by molar-refractivity contribution is 5.33. The molecule has 5 heteroatoms. The van der Waals surface area contributed by atoms with Gasteiger partial charge >= 0.3 is 0 Å². The molecule has 0 spiro atoms. The highest BCUT2D eigenvalue weighted by Crippen LogP contribution is 2.20. The van der Waals surface area contributed by atoms with Crippen LogP contribution in [0.2, 0.25) is 0 Å². The third-order valence-corrected chi connectivity index (χ3v) is 4.99. The summed E-state index contributed by atoms with van der Waals surface area (Å²) in [4.78, 5) is 15.2. The van der Waals surface area contributed by atoms with Gasteiger partial charge in [-0.2, -0.15) is 0 Å². The van der Waals surface area contributed by atoms with Gasteiger partial charge in [-0.25, -0.2) is 4.68 Å². The summed E-state index contributed by atoms with van der Waals surface area (Å²) in [6, 6.07) is 9.90. The molecule has 1 fully saturated rings. The van der Waals surface area contributed by atoms with Gasteiger partial charge in [0.1, 0.15) is 0 Å². The van der Waals surface area contributed by atoms with Crippen LogP contribution < -0.4 is 5.56 Å². The van der Waals surface area contributed by atoms with E-state index in [4.69, 9.17) is 0 Å². The lowest BCUT2D eigenvalue weighted by Gasteiger charge is -2.34. The average Bonchev–Trinajstić information content (AvgIpc) is 2.80. The molecule has 1 saturated heterocycles. The molecule has 0 radical (unpaired) electrons. The predicted molar refractivity (Wildman–Crippen MR) is 90.9 cm³/mol. The molecule has 5 nitrogen and oxygen atoms in total. The molecule has 0 aliphatic carbocycles. The standard InChI is InChI=1S/C18H25N3O2/c1-14-17(12-20-11-7-6-10-16(20)13-22)18(23)21(19(14)2)15-8-4-3-5-9-15/h3-5,8-9,16,22H,6-7,10-13H2,1-2H3/t16-/m0/s1. The maximum atomic E-state index is 12.9. The lowest BCUT2D eigenvalue weighted by molar-refractivity contribution is 0.0837. The summed E-state index contributed by atoms with van der Waals surface area (Å²) < 4.78 is 3.65. The highest BCUT2D eigenvalue weighted by atomic mass is 16.3. The molecule has 124 valence electrons. The third-order valence-electron chi connectivity index (χ3n) is 4.99. The normalized spacial score (nSPS) is 19.2. The maximum Gasteiger partial charge on any atom is 0.276 e. The minimum absolute atomic E-state index is 0.0402. The molecule has 1 aromatic carbocycles. The van der Waals surface area contributed by atoms with Crippen LogP contribution in [0.25, 0.3) is 5.69 Å². The zero-order valence-corrected chi connectivity index (χ0v) is 13.9. The molecule has 1 aliphatic heterocycles. The summed E-state index contributed by atoms with van der Waals surface area (Å²) >= 11 is 0. The Morgan fingerprint density at radius 2 is 1.96 bits per heavy atom. The van der Waals surface area contributed by atoms with Crippen molar-refractivity contribution in [3.05, 3.63) is 51.9 Å². The second-order valence-corrected chi connectivity index (χ2v) is 6.34. The van der Waals surface area contributed by atoms with Crippen molar-refractivity contribution >= 4 is 0 Å². The van der Waals surface area contributed by atoms with E-state index >= 15 is 0 Å². The topological polar surface area (TPSA) is 50.4 Å². The quantitative estimate of drug-likeness (QED) is 0.936. The lowest BCUT2D eigenvalue weighted by atomic mass is 10.0. The van der Waals surface area contributed by atoms with Crippen LogP contribution in [-0.2, 0) is 13.6 Å². The van der Waals surface area contributed by atoms with Crippen LogP contribution >= 0.6 is 0 Å². The third kappa shape index (κ3) is 2.99. The summed E-state index contributed by atoms with van der Waals surface area (Å²) in [6.07, 6.45) is 3.30. The van der Waals surface area contributed by atoms with Crippen molar-refractivity contribution in [1.29, 1.82) is 0 Å². The second-order valence-electron chi connectivity index (χ2n) is 6.34. The fourth-order valence-corrected chi connectivity index (χ4v) is 3.48. The zero-order valence-electron chi connectivity index (χ0n) is 13.9. The predicted octanol–water partition coefficient (Wildman–Crippen LogP) is 1.83. The van der Waals surface area contributed by atoms with Gasteiger partial charge in [0.05, 0.1) is 17.9 Å². The van der Waals surface area contributed by atoms with Crippen LogP contribution in [0, 0.1) is 6.92 Å². The van der Waals surface area contributed by atoms with Gasteiger partial charge in [-0.3, -0.25) is 14.4 Å². The number of likely N-dealkylation sites (tertiary alicyclic amines) is 1. The van der Waals surface area contributed by atoms with Crippen LogP contribution in [0.1, 0.15) is 30.5 Å². The van der Waals surface area contributed by atoms with E-state index in [0.29, 0.717) is 6.54 Å². The van der Waals surface area contributed by atoms with Crippen LogP contribution in [0.4, 0.5) is 0 Å². The van der Waals surface area contributed by atoms with E-state index in [0.717, 1.165) is 42.8 Å². The first-order valence-corrected chi connectivity index (χ1v) is 8.31. The summed E-state index contributed by atoms with van der Waals surface area (Å²) in [5.74, 6) is 0. The van der Waals surface area contributed by atoms with Crippen LogP contribution in [0.3, 0.4) is 0 Å². The number of aliphatic hydroxyl groups is 1. The first-order chi connectivity index (χ1) is 11.1. The number of nitrogens with zero attached hydrogens (tertiary/aromatic N) is 3. The molecular formula is C18H25N3O2. The number of aromatic nitrogens is 2. The zero-order chi connectivity index (χ0) is 16.4. The smallest absolute Gasteiger partial charge is 0.276 e. The number of benzene rings is 1. The summed E-state index contributed by atoms with van der Waals surface area (Å²) in [7, 11) is 1.92. The Balaban J connectivity index is 1.96. The molecule has 1 N–H and O–H groups in total. The Labute approximate surface area is 136 Å². The van der Waals surface area contributed by atoms with E-state index in [1.165, 1.54) is 0 Å². The van der Waals surface area contributed by atoms with Gasteiger partial charge in [-0.05, 0) is 38.4 Å². The minimum Gasteiger partial charge on any atom is -0.395 e. The number of aliphatic hydroxyl groups excluding tert-OH is 1. The molecule has 1 aliphatic rings. The fourth-order valence-electron chi connectivity index (χ4n) is 3.48. The highest BCUT2D eigenvalue weighted by Gasteiger charge is 2.25. The lowest BCUT2D eigenvalue weighted by Crippen LogP contribution is -2.42. The van der Waals surface area contributed by atoms with E-state index in [2.05, 4.69) is 4.90 Å². The van der Waals surface area contributed by atoms with Gasteiger partial charge in [-0.15, -0.1) is 0 Å². The van der Waals surface area contributed by atoms with Gasteiger partial charge in [0.2, 0.25) is 0 Å². The molecule has 0 amide bonds. The molecule has 3 rings (SSSR count). The summed E-state index contributed by atoms with van der Waals surface area (Å²) in [5, 5.41) is 9.59. The SMILES string of the molecule is Cc1c(CN2CCCC[C@H]2CO)c(=O)n(-c2ccccc2)n1C. The van der Waals surface area contributed by atoms with E-state index in [1.54, 1.807) is 4.68 Å². The molecule has 0 unspecified atom stereocenters. The second kappa shape index (κ2) is 6.72. The Kier molecular flexibility index (Phi) is 4.68. The van der Waals surface area contributed by atoms with Gasteiger partial charge in [-0.1, -0.05) is 24.6 Å². The first-order valence-electron chi connectivity index (χ1n) is 8.31. The fraction of sp³-hybridized carbons (Fsp3) is 0.500. The Morgan fingerprint density at radius 1 is 1.22 bits per heavy atom. The van der Waals surface area contributed by atoms with Crippen molar-refractivity contribution < 1.29 is 5.11 Å². The van der Waals surface area contributed by atoms with Crippen molar-refractivity contribution in [1.82, 2.24) is 14.3 Å². The number of rotatable bonds is 4. The Hall–Kier alpha value is -1.85. The molecular weight excluding hydrogens is 290 g/mol. The molecule has 2 aromatic rings. The van der Waals surface area contributed by atoms with Crippen molar-refractivity contribution in [2.24, 2.45) is 7.05 Å². The number of hydrogen-bond donors (Lipinski definition) is 1. The molecule has 1 atom stereocenters. The average molecular weight is 315 g/mol. The summed E-state index contributed by atoms with van der Waals surface area (Å²) in [6.45, 7) is 3.72. The monoisotopic (exact) mass is 315 g/mol. The number of piperidine rings is 1. The van der Waals surface area contributed by atoms with Gasteiger partial charge in [0.15, 0.2) is 0 Å².